The van der Waals surface area contributed by atoms with Crippen LogP contribution in [0.4, 0.5) is 5.95 Å². The fourth-order valence-electron chi connectivity index (χ4n) is 1.62. The molecule has 1 rings (SSSR count). The zero-order valence-electron chi connectivity index (χ0n) is 9.63. The SMILES string of the molecule is CN(c1nccn1C)C(CN)CCC(=O)O. The van der Waals surface area contributed by atoms with Gasteiger partial charge in [0.15, 0.2) is 0 Å². The second-order valence-electron chi connectivity index (χ2n) is 3.77. The molecule has 0 saturated heterocycles. The number of hydrogen-bond donors (Lipinski definition) is 2. The first kappa shape index (κ1) is 12.5. The lowest BCUT2D eigenvalue weighted by atomic mass is 10.1. The van der Waals surface area contributed by atoms with Gasteiger partial charge < -0.3 is 20.3 Å². The Labute approximate surface area is 94.7 Å². The summed E-state index contributed by atoms with van der Waals surface area (Å²) in [5.74, 6) is -0.00692. The number of rotatable bonds is 6. The Morgan fingerprint density at radius 2 is 2.44 bits per heavy atom. The van der Waals surface area contributed by atoms with E-state index in [9.17, 15) is 4.79 Å². The third kappa shape index (κ3) is 2.96. The molecule has 0 radical (unpaired) electrons. The molecule has 16 heavy (non-hydrogen) atoms. The van der Waals surface area contributed by atoms with Crippen molar-refractivity contribution in [3.05, 3.63) is 12.4 Å². The fraction of sp³-hybridized carbons (Fsp3) is 0.600. The van der Waals surface area contributed by atoms with Crippen molar-refractivity contribution in [2.24, 2.45) is 12.8 Å². The molecule has 1 unspecified atom stereocenters. The van der Waals surface area contributed by atoms with Gasteiger partial charge in [0.1, 0.15) is 0 Å². The minimum absolute atomic E-state index is 0.00259. The molecule has 1 aromatic heterocycles. The Balaban J connectivity index is 2.66. The second kappa shape index (κ2) is 5.50. The van der Waals surface area contributed by atoms with Crippen molar-refractivity contribution in [1.29, 1.82) is 0 Å². The molecule has 1 atom stereocenters. The van der Waals surface area contributed by atoms with Crippen LogP contribution in [0, 0.1) is 0 Å². The van der Waals surface area contributed by atoms with Crippen LogP contribution in [-0.2, 0) is 11.8 Å². The first-order chi connectivity index (χ1) is 7.56. The highest BCUT2D eigenvalue weighted by Gasteiger charge is 2.17. The van der Waals surface area contributed by atoms with E-state index in [1.807, 2.05) is 29.8 Å². The van der Waals surface area contributed by atoms with Gasteiger partial charge >= 0.3 is 5.97 Å². The second-order valence-corrected chi connectivity index (χ2v) is 3.77. The van der Waals surface area contributed by atoms with Crippen LogP contribution in [0.15, 0.2) is 12.4 Å². The summed E-state index contributed by atoms with van der Waals surface area (Å²) in [4.78, 5) is 16.6. The minimum Gasteiger partial charge on any atom is -0.481 e. The number of hydrogen-bond acceptors (Lipinski definition) is 4. The molecule has 0 fully saturated rings. The molecule has 90 valence electrons. The number of carbonyl (C=O) groups is 1. The first-order valence-corrected chi connectivity index (χ1v) is 5.18. The summed E-state index contributed by atoms with van der Waals surface area (Å²) >= 11 is 0. The predicted molar refractivity (Wildman–Crippen MR) is 61.3 cm³/mol. The quantitative estimate of drug-likeness (QED) is 0.716. The lowest BCUT2D eigenvalue weighted by Crippen LogP contribution is -2.39. The van der Waals surface area contributed by atoms with Crippen LogP contribution in [0.1, 0.15) is 12.8 Å². The molecule has 0 amide bonds. The summed E-state index contributed by atoms with van der Waals surface area (Å²) in [6.07, 6.45) is 4.19. The number of aliphatic carboxylic acids is 1. The minimum atomic E-state index is -0.799. The normalized spacial score (nSPS) is 12.4. The van der Waals surface area contributed by atoms with Crippen LogP contribution >= 0.6 is 0 Å². The first-order valence-electron chi connectivity index (χ1n) is 5.18. The number of carboxylic acid groups (broad SMARTS) is 1. The maximum Gasteiger partial charge on any atom is 0.303 e. The van der Waals surface area contributed by atoms with Gasteiger partial charge in [0, 0.05) is 45.5 Å². The van der Waals surface area contributed by atoms with Crippen LogP contribution < -0.4 is 10.6 Å². The van der Waals surface area contributed by atoms with Gasteiger partial charge in [0.05, 0.1) is 0 Å². The van der Waals surface area contributed by atoms with Crippen LogP contribution in [0.2, 0.25) is 0 Å². The highest BCUT2D eigenvalue weighted by molar-refractivity contribution is 5.66. The molecule has 0 aliphatic rings. The van der Waals surface area contributed by atoms with Gasteiger partial charge in [-0.2, -0.15) is 0 Å². The van der Waals surface area contributed by atoms with E-state index in [4.69, 9.17) is 10.8 Å². The Bertz CT molecular complexity index is 350. The van der Waals surface area contributed by atoms with E-state index in [1.165, 1.54) is 0 Å². The smallest absolute Gasteiger partial charge is 0.303 e. The molecule has 0 spiro atoms. The predicted octanol–water partition coefficient (Wildman–Crippen LogP) is 0.0484. The molecular weight excluding hydrogens is 208 g/mol. The van der Waals surface area contributed by atoms with Gasteiger partial charge in [0.2, 0.25) is 5.95 Å². The van der Waals surface area contributed by atoms with Gasteiger partial charge in [-0.15, -0.1) is 0 Å². The monoisotopic (exact) mass is 226 g/mol. The van der Waals surface area contributed by atoms with Crippen LogP contribution in [0.3, 0.4) is 0 Å². The van der Waals surface area contributed by atoms with E-state index in [0.717, 1.165) is 5.95 Å². The standard InChI is InChI=1S/C10H18N4O2/c1-13-6-5-12-10(13)14(2)8(7-11)3-4-9(15)16/h5-6,8H,3-4,7,11H2,1-2H3,(H,15,16). The largest absolute Gasteiger partial charge is 0.481 e. The van der Waals surface area contributed by atoms with E-state index in [1.54, 1.807) is 6.20 Å². The molecule has 6 heteroatoms. The average molecular weight is 226 g/mol. The number of nitrogens with zero attached hydrogens (tertiary/aromatic N) is 3. The van der Waals surface area contributed by atoms with E-state index < -0.39 is 5.97 Å². The molecule has 1 aromatic rings. The molecule has 0 bridgehead atoms. The molecule has 0 aliphatic carbocycles. The maximum absolute atomic E-state index is 10.5. The van der Waals surface area contributed by atoms with E-state index in [0.29, 0.717) is 13.0 Å². The molecule has 6 nitrogen and oxygen atoms in total. The van der Waals surface area contributed by atoms with Gasteiger partial charge in [-0.3, -0.25) is 4.79 Å². The molecule has 0 aromatic carbocycles. The number of imidazole rings is 1. The summed E-state index contributed by atoms with van der Waals surface area (Å²) in [5.41, 5.74) is 5.64. The van der Waals surface area contributed by atoms with Crippen LogP contribution in [0.5, 0.6) is 0 Å². The van der Waals surface area contributed by atoms with Crippen molar-refractivity contribution in [1.82, 2.24) is 9.55 Å². The van der Waals surface area contributed by atoms with Crippen molar-refractivity contribution in [2.45, 2.75) is 18.9 Å². The van der Waals surface area contributed by atoms with E-state index in [-0.39, 0.29) is 12.5 Å². The van der Waals surface area contributed by atoms with E-state index >= 15 is 0 Å². The highest BCUT2D eigenvalue weighted by atomic mass is 16.4. The topological polar surface area (TPSA) is 84.4 Å². The summed E-state index contributed by atoms with van der Waals surface area (Å²) in [5, 5.41) is 8.64. The van der Waals surface area contributed by atoms with E-state index in [2.05, 4.69) is 4.98 Å². The summed E-state index contributed by atoms with van der Waals surface area (Å²) in [6.45, 7) is 0.413. The number of aromatic nitrogens is 2. The van der Waals surface area contributed by atoms with Crippen molar-refractivity contribution in [3.8, 4) is 0 Å². The Morgan fingerprint density at radius 3 is 2.88 bits per heavy atom. The Hall–Kier alpha value is -1.56. The Morgan fingerprint density at radius 1 is 1.75 bits per heavy atom. The van der Waals surface area contributed by atoms with Crippen molar-refractivity contribution in [3.63, 3.8) is 0 Å². The zero-order valence-corrected chi connectivity index (χ0v) is 9.63. The van der Waals surface area contributed by atoms with Crippen LogP contribution in [0.25, 0.3) is 0 Å². The summed E-state index contributed by atoms with van der Waals surface area (Å²) in [6, 6.07) is -0.00259. The van der Waals surface area contributed by atoms with Gasteiger partial charge in [-0.25, -0.2) is 4.98 Å². The van der Waals surface area contributed by atoms with Gasteiger partial charge in [-0.05, 0) is 6.42 Å². The molecule has 0 aliphatic heterocycles. The van der Waals surface area contributed by atoms with Crippen molar-refractivity contribution < 1.29 is 9.90 Å². The molecule has 1 heterocycles. The maximum atomic E-state index is 10.5. The van der Waals surface area contributed by atoms with Gasteiger partial charge in [-0.1, -0.05) is 0 Å². The summed E-state index contributed by atoms with van der Waals surface area (Å²) in [7, 11) is 3.77. The summed E-state index contributed by atoms with van der Waals surface area (Å²) < 4.78 is 1.88. The van der Waals surface area contributed by atoms with Crippen molar-refractivity contribution >= 4 is 11.9 Å². The lowest BCUT2D eigenvalue weighted by Gasteiger charge is -2.27. The average Bonchev–Trinajstić information content (AvgIpc) is 2.64. The fourth-order valence-corrected chi connectivity index (χ4v) is 1.62. The lowest BCUT2D eigenvalue weighted by molar-refractivity contribution is -0.137. The van der Waals surface area contributed by atoms with Crippen molar-refractivity contribution in [2.75, 3.05) is 18.5 Å². The molecular formula is C10H18N4O2. The third-order valence-electron chi connectivity index (χ3n) is 2.62. The third-order valence-corrected chi connectivity index (χ3v) is 2.62. The van der Waals surface area contributed by atoms with Gasteiger partial charge in [0.25, 0.3) is 0 Å². The number of aryl methyl sites for hydroxylation is 1. The number of nitrogens with two attached hydrogens (primary N) is 1. The van der Waals surface area contributed by atoms with Crippen LogP contribution in [-0.4, -0.2) is 40.3 Å². The zero-order chi connectivity index (χ0) is 12.1. The molecule has 0 saturated carbocycles. The Kier molecular flexibility index (Phi) is 4.30. The number of likely N-dealkylation sites (N-methyl/N-ethyl adjacent to an activating group) is 1. The molecule has 3 N–H and O–H groups in total. The number of anilines is 1. The number of carboxylic acids is 1. The highest BCUT2D eigenvalue weighted by Crippen LogP contribution is 2.13.